The molecular weight excluding hydrogens is 481 g/mol. The van der Waals surface area contributed by atoms with Gasteiger partial charge in [0.2, 0.25) is 11.8 Å². The van der Waals surface area contributed by atoms with Crippen LogP contribution >= 0.6 is 0 Å². The lowest BCUT2D eigenvalue weighted by molar-refractivity contribution is -0.142. The van der Waals surface area contributed by atoms with E-state index in [2.05, 4.69) is 15.6 Å². The predicted molar refractivity (Wildman–Crippen MR) is 142 cm³/mol. The number of para-hydroxylation sites is 1. The van der Waals surface area contributed by atoms with E-state index in [4.69, 9.17) is 0 Å². The Morgan fingerprint density at radius 2 is 1.45 bits per heavy atom. The van der Waals surface area contributed by atoms with Gasteiger partial charge in [-0.1, -0.05) is 90.1 Å². The number of nitrogens with zero attached hydrogens (tertiary/aromatic N) is 4. The normalized spacial score (nSPS) is 11.7. The molecule has 1 aromatic heterocycles. The molecule has 5 aromatic rings. The van der Waals surface area contributed by atoms with E-state index in [1.54, 1.807) is 0 Å². The number of rotatable bonds is 9. The Bertz CT molecular complexity index is 1520. The second kappa shape index (κ2) is 11.5. The van der Waals surface area contributed by atoms with Crippen molar-refractivity contribution in [2.24, 2.45) is 0 Å². The van der Waals surface area contributed by atoms with Crippen LogP contribution < -0.4 is 5.32 Å². The van der Waals surface area contributed by atoms with Crippen molar-refractivity contribution in [3.05, 3.63) is 132 Å². The number of amides is 2. The van der Waals surface area contributed by atoms with Crippen LogP contribution in [0.5, 0.6) is 0 Å². The van der Waals surface area contributed by atoms with Crippen molar-refractivity contribution in [3.8, 4) is 0 Å². The summed E-state index contributed by atoms with van der Waals surface area (Å²) >= 11 is 0. The molecule has 0 radical (unpaired) electrons. The van der Waals surface area contributed by atoms with Crippen LogP contribution in [0.15, 0.2) is 109 Å². The lowest BCUT2D eigenvalue weighted by Crippen LogP contribution is -2.44. The second-order valence-corrected chi connectivity index (χ2v) is 8.90. The van der Waals surface area contributed by atoms with Crippen molar-refractivity contribution >= 4 is 22.8 Å². The standard InChI is InChI=1S/C30H26FN5O2/c31-25-17-15-24(16-18-25)29(30(38)32-19-22-9-3-1-4-10-22)35(20-23-11-5-2-6-12-23)28(37)21-36-27-14-8-7-13-26(27)33-34-36/h1-18,29H,19-21H2,(H,32,38)/t29-/m0/s1. The Morgan fingerprint density at radius 3 is 2.16 bits per heavy atom. The third-order valence-corrected chi connectivity index (χ3v) is 6.28. The molecule has 0 spiro atoms. The molecule has 0 saturated carbocycles. The van der Waals surface area contributed by atoms with Crippen molar-refractivity contribution in [3.63, 3.8) is 0 Å². The highest BCUT2D eigenvalue weighted by Crippen LogP contribution is 2.25. The quantitative estimate of drug-likeness (QED) is 0.315. The number of halogens is 1. The summed E-state index contributed by atoms with van der Waals surface area (Å²) in [5, 5.41) is 11.3. The summed E-state index contributed by atoms with van der Waals surface area (Å²) in [6.45, 7) is 0.350. The molecule has 0 bridgehead atoms. The van der Waals surface area contributed by atoms with Gasteiger partial charge in [-0.2, -0.15) is 0 Å². The average Bonchev–Trinajstić information content (AvgIpc) is 3.36. The van der Waals surface area contributed by atoms with Crippen LogP contribution in [0.2, 0.25) is 0 Å². The largest absolute Gasteiger partial charge is 0.350 e. The summed E-state index contributed by atoms with van der Waals surface area (Å²) in [6, 6.07) is 31.0. The molecule has 7 nitrogen and oxygen atoms in total. The van der Waals surface area contributed by atoms with Crippen LogP contribution in [0.4, 0.5) is 4.39 Å². The zero-order chi connectivity index (χ0) is 26.3. The zero-order valence-corrected chi connectivity index (χ0v) is 20.6. The Kier molecular flexibility index (Phi) is 7.49. The molecule has 0 unspecified atom stereocenters. The van der Waals surface area contributed by atoms with E-state index in [0.29, 0.717) is 23.1 Å². The van der Waals surface area contributed by atoms with Gasteiger partial charge in [0.05, 0.1) is 5.52 Å². The van der Waals surface area contributed by atoms with Crippen molar-refractivity contribution < 1.29 is 14.0 Å². The van der Waals surface area contributed by atoms with Gasteiger partial charge in [0.1, 0.15) is 23.9 Å². The van der Waals surface area contributed by atoms with Gasteiger partial charge >= 0.3 is 0 Å². The van der Waals surface area contributed by atoms with Gasteiger partial charge < -0.3 is 10.2 Å². The fraction of sp³-hybridized carbons (Fsp3) is 0.133. The van der Waals surface area contributed by atoms with Crippen LogP contribution in [0.25, 0.3) is 11.0 Å². The number of nitrogens with one attached hydrogen (secondary N) is 1. The summed E-state index contributed by atoms with van der Waals surface area (Å²) < 4.78 is 15.4. The monoisotopic (exact) mass is 507 g/mol. The summed E-state index contributed by atoms with van der Waals surface area (Å²) in [4.78, 5) is 29.1. The number of carbonyl (C=O) groups is 2. The smallest absolute Gasteiger partial charge is 0.247 e. The SMILES string of the molecule is O=C(NCc1ccccc1)[C@H](c1ccc(F)cc1)N(Cc1ccccc1)C(=O)Cn1nnc2ccccc21. The van der Waals surface area contributed by atoms with Gasteiger partial charge in [0.25, 0.3) is 0 Å². The lowest BCUT2D eigenvalue weighted by Gasteiger charge is -2.31. The van der Waals surface area contributed by atoms with E-state index in [1.165, 1.54) is 33.8 Å². The second-order valence-electron chi connectivity index (χ2n) is 8.90. The first-order chi connectivity index (χ1) is 18.6. The van der Waals surface area contributed by atoms with Crippen LogP contribution in [0.3, 0.4) is 0 Å². The van der Waals surface area contributed by atoms with Gasteiger partial charge in [-0.25, -0.2) is 9.07 Å². The molecule has 2 amide bonds. The van der Waals surface area contributed by atoms with Crippen molar-refractivity contribution in [2.45, 2.75) is 25.7 Å². The van der Waals surface area contributed by atoms with Crippen molar-refractivity contribution in [2.75, 3.05) is 0 Å². The molecule has 5 rings (SSSR count). The summed E-state index contributed by atoms with van der Waals surface area (Å²) in [6.07, 6.45) is 0. The van der Waals surface area contributed by atoms with Crippen LogP contribution in [0, 0.1) is 5.82 Å². The third kappa shape index (κ3) is 5.75. The van der Waals surface area contributed by atoms with Gasteiger partial charge in [0.15, 0.2) is 0 Å². The molecular formula is C30H26FN5O2. The molecule has 8 heteroatoms. The molecule has 0 aliphatic carbocycles. The number of hydrogen-bond donors (Lipinski definition) is 1. The first-order valence-electron chi connectivity index (χ1n) is 12.3. The Labute approximate surface area is 219 Å². The minimum Gasteiger partial charge on any atom is -0.350 e. The molecule has 1 heterocycles. The van der Waals surface area contributed by atoms with E-state index in [1.807, 2.05) is 84.9 Å². The molecule has 1 N–H and O–H groups in total. The highest BCUT2D eigenvalue weighted by molar-refractivity contribution is 5.89. The molecule has 38 heavy (non-hydrogen) atoms. The molecule has 0 fully saturated rings. The molecule has 0 saturated heterocycles. The molecule has 4 aromatic carbocycles. The maximum Gasteiger partial charge on any atom is 0.247 e. The Balaban J connectivity index is 1.50. The van der Waals surface area contributed by atoms with Crippen molar-refractivity contribution in [1.29, 1.82) is 0 Å². The zero-order valence-electron chi connectivity index (χ0n) is 20.6. The Morgan fingerprint density at radius 1 is 0.816 bits per heavy atom. The van der Waals surface area contributed by atoms with Crippen molar-refractivity contribution in [1.82, 2.24) is 25.2 Å². The number of aromatic nitrogens is 3. The number of hydrogen-bond acceptors (Lipinski definition) is 4. The first-order valence-corrected chi connectivity index (χ1v) is 12.3. The Hall–Kier alpha value is -4.85. The maximum absolute atomic E-state index is 13.9. The fourth-order valence-corrected chi connectivity index (χ4v) is 4.36. The van der Waals surface area contributed by atoms with Gasteiger partial charge in [-0.05, 0) is 41.0 Å². The van der Waals surface area contributed by atoms with Crippen LogP contribution in [-0.2, 0) is 29.2 Å². The van der Waals surface area contributed by atoms with Crippen LogP contribution in [-0.4, -0.2) is 31.7 Å². The first kappa shape index (κ1) is 24.8. The van der Waals surface area contributed by atoms with E-state index >= 15 is 0 Å². The van der Waals surface area contributed by atoms with Gasteiger partial charge in [-0.15, -0.1) is 5.10 Å². The minimum absolute atomic E-state index is 0.114. The highest BCUT2D eigenvalue weighted by atomic mass is 19.1. The molecule has 0 aliphatic heterocycles. The highest BCUT2D eigenvalue weighted by Gasteiger charge is 2.32. The summed E-state index contributed by atoms with van der Waals surface area (Å²) in [5.41, 5.74) is 3.67. The summed E-state index contributed by atoms with van der Waals surface area (Å²) in [7, 11) is 0. The number of fused-ring (bicyclic) bond motifs is 1. The van der Waals surface area contributed by atoms with E-state index < -0.39 is 11.9 Å². The molecule has 0 aliphatic rings. The van der Waals surface area contributed by atoms with Gasteiger partial charge in [0, 0.05) is 13.1 Å². The molecule has 190 valence electrons. The maximum atomic E-state index is 13.9. The average molecular weight is 508 g/mol. The van der Waals surface area contributed by atoms with Crippen LogP contribution in [0.1, 0.15) is 22.7 Å². The third-order valence-electron chi connectivity index (χ3n) is 6.28. The topological polar surface area (TPSA) is 80.1 Å². The summed E-state index contributed by atoms with van der Waals surface area (Å²) in [5.74, 6) is -1.12. The number of benzene rings is 4. The lowest BCUT2D eigenvalue weighted by atomic mass is 10.0. The van der Waals surface area contributed by atoms with E-state index in [0.717, 1.165) is 11.1 Å². The molecule has 1 atom stereocenters. The number of carbonyl (C=O) groups excluding carboxylic acids is 2. The fourth-order valence-electron chi connectivity index (χ4n) is 4.36. The van der Waals surface area contributed by atoms with Gasteiger partial charge in [-0.3, -0.25) is 9.59 Å². The predicted octanol–water partition coefficient (Wildman–Crippen LogP) is 4.66. The van der Waals surface area contributed by atoms with E-state index in [-0.39, 0.29) is 24.9 Å². The van der Waals surface area contributed by atoms with E-state index in [9.17, 15) is 14.0 Å². The minimum atomic E-state index is -0.998.